The second-order valence-corrected chi connectivity index (χ2v) is 4.00. The molecule has 0 radical (unpaired) electrons. The van der Waals surface area contributed by atoms with Crippen molar-refractivity contribution in [2.75, 3.05) is 6.61 Å². The lowest BCUT2D eigenvalue weighted by molar-refractivity contribution is 0.0868. The second kappa shape index (κ2) is 3.63. The van der Waals surface area contributed by atoms with Crippen molar-refractivity contribution in [2.24, 2.45) is 11.5 Å². The van der Waals surface area contributed by atoms with E-state index in [4.69, 9.17) is 16.2 Å². The molecule has 0 aromatic rings. The maximum atomic E-state index is 6.13. The van der Waals surface area contributed by atoms with Gasteiger partial charge in [-0.3, -0.25) is 0 Å². The van der Waals surface area contributed by atoms with E-state index in [9.17, 15) is 0 Å². The summed E-state index contributed by atoms with van der Waals surface area (Å²) in [6.07, 6.45) is 8.73. The molecule has 5 N–H and O–H groups in total. The number of rotatable bonds is 2. The van der Waals surface area contributed by atoms with Gasteiger partial charge in [0.05, 0.1) is 6.10 Å². The summed E-state index contributed by atoms with van der Waals surface area (Å²) >= 11 is 0. The van der Waals surface area contributed by atoms with Crippen LogP contribution < -0.4 is 16.8 Å². The van der Waals surface area contributed by atoms with Crippen molar-refractivity contribution in [1.29, 1.82) is 0 Å². The number of dihydropyridines is 1. The smallest absolute Gasteiger partial charge is 0.109 e. The molecule has 78 valence electrons. The van der Waals surface area contributed by atoms with Gasteiger partial charge in [0, 0.05) is 24.9 Å². The van der Waals surface area contributed by atoms with Gasteiger partial charge in [-0.25, -0.2) is 0 Å². The largest absolute Gasteiger partial charge is 0.399 e. The maximum absolute atomic E-state index is 6.13. The van der Waals surface area contributed by atoms with Crippen molar-refractivity contribution in [2.45, 2.75) is 31.0 Å². The molecule has 14 heavy (non-hydrogen) atoms. The van der Waals surface area contributed by atoms with E-state index in [2.05, 4.69) is 5.32 Å². The molecule has 0 spiro atoms. The van der Waals surface area contributed by atoms with E-state index in [0.717, 1.165) is 25.9 Å². The van der Waals surface area contributed by atoms with Crippen LogP contribution in [0.3, 0.4) is 0 Å². The SMILES string of the molecule is NC1=CC(N)(CC2CCCO2)NC=C1. The summed E-state index contributed by atoms with van der Waals surface area (Å²) in [6, 6.07) is 0. The van der Waals surface area contributed by atoms with Crippen molar-refractivity contribution in [3.63, 3.8) is 0 Å². The Morgan fingerprint density at radius 2 is 2.50 bits per heavy atom. The van der Waals surface area contributed by atoms with Crippen molar-refractivity contribution >= 4 is 0 Å². The number of hydrogen-bond acceptors (Lipinski definition) is 4. The lowest BCUT2D eigenvalue weighted by Crippen LogP contribution is -2.53. The monoisotopic (exact) mass is 195 g/mol. The fourth-order valence-electron chi connectivity index (χ4n) is 1.98. The van der Waals surface area contributed by atoms with Gasteiger partial charge in [-0.1, -0.05) is 0 Å². The zero-order chi connectivity index (χ0) is 10.0. The second-order valence-electron chi connectivity index (χ2n) is 4.00. The van der Waals surface area contributed by atoms with E-state index in [1.165, 1.54) is 0 Å². The first-order valence-corrected chi connectivity index (χ1v) is 5.01. The molecule has 2 aliphatic rings. The third kappa shape index (κ3) is 2.08. The van der Waals surface area contributed by atoms with Crippen LogP contribution in [0, 0.1) is 0 Å². The number of nitrogens with two attached hydrogens (primary N) is 2. The quantitative estimate of drug-likeness (QED) is 0.587. The zero-order valence-corrected chi connectivity index (χ0v) is 8.20. The van der Waals surface area contributed by atoms with E-state index < -0.39 is 5.66 Å². The molecule has 0 amide bonds. The van der Waals surface area contributed by atoms with Crippen LogP contribution in [0.15, 0.2) is 24.0 Å². The topological polar surface area (TPSA) is 73.3 Å². The molecule has 0 bridgehead atoms. The lowest BCUT2D eigenvalue weighted by Gasteiger charge is -2.31. The van der Waals surface area contributed by atoms with Crippen molar-refractivity contribution in [3.05, 3.63) is 24.0 Å². The molecule has 2 heterocycles. The zero-order valence-electron chi connectivity index (χ0n) is 8.20. The molecule has 0 aliphatic carbocycles. The van der Waals surface area contributed by atoms with Crippen molar-refractivity contribution in [1.82, 2.24) is 5.32 Å². The molecular formula is C10H17N3O. The maximum Gasteiger partial charge on any atom is 0.109 e. The first kappa shape index (κ1) is 9.55. The lowest BCUT2D eigenvalue weighted by atomic mass is 9.98. The van der Waals surface area contributed by atoms with E-state index in [-0.39, 0.29) is 6.10 Å². The third-order valence-electron chi connectivity index (χ3n) is 2.64. The Kier molecular flexibility index (Phi) is 2.48. The Labute approximate surface area is 84.0 Å². The molecule has 1 fully saturated rings. The average Bonchev–Trinajstić information content (AvgIpc) is 2.55. The van der Waals surface area contributed by atoms with Crippen molar-refractivity contribution < 1.29 is 4.74 Å². The molecular weight excluding hydrogens is 178 g/mol. The minimum Gasteiger partial charge on any atom is -0.399 e. The highest BCUT2D eigenvalue weighted by Gasteiger charge is 2.29. The minimum absolute atomic E-state index is 0.267. The summed E-state index contributed by atoms with van der Waals surface area (Å²) in [5.74, 6) is 0. The van der Waals surface area contributed by atoms with Crippen LogP contribution in [0.25, 0.3) is 0 Å². The van der Waals surface area contributed by atoms with Gasteiger partial charge < -0.3 is 21.5 Å². The molecule has 2 rings (SSSR count). The first-order chi connectivity index (χ1) is 6.68. The normalized spacial score (nSPS) is 36.6. The molecule has 0 aromatic carbocycles. The van der Waals surface area contributed by atoms with Crippen LogP contribution in [0.5, 0.6) is 0 Å². The molecule has 4 nitrogen and oxygen atoms in total. The van der Waals surface area contributed by atoms with Gasteiger partial charge in [-0.2, -0.15) is 0 Å². The van der Waals surface area contributed by atoms with Crippen LogP contribution in [-0.4, -0.2) is 18.4 Å². The highest BCUT2D eigenvalue weighted by molar-refractivity contribution is 5.25. The Morgan fingerprint density at radius 3 is 3.14 bits per heavy atom. The fourth-order valence-corrected chi connectivity index (χ4v) is 1.98. The number of allylic oxidation sites excluding steroid dienone is 1. The molecule has 0 saturated carbocycles. The highest BCUT2D eigenvalue weighted by Crippen LogP contribution is 2.22. The van der Waals surface area contributed by atoms with Crippen molar-refractivity contribution in [3.8, 4) is 0 Å². The van der Waals surface area contributed by atoms with E-state index in [0.29, 0.717) is 5.70 Å². The molecule has 2 unspecified atom stereocenters. The Balaban J connectivity index is 1.98. The van der Waals surface area contributed by atoms with Gasteiger partial charge in [0.25, 0.3) is 0 Å². The first-order valence-electron chi connectivity index (χ1n) is 5.01. The minimum atomic E-state index is -0.534. The summed E-state index contributed by atoms with van der Waals surface area (Å²) < 4.78 is 5.54. The summed E-state index contributed by atoms with van der Waals surface area (Å²) in [5.41, 5.74) is 12.0. The van der Waals surface area contributed by atoms with Crippen LogP contribution in [-0.2, 0) is 4.74 Å². The van der Waals surface area contributed by atoms with E-state index in [1.807, 2.05) is 6.08 Å². The van der Waals surface area contributed by atoms with E-state index >= 15 is 0 Å². The average molecular weight is 195 g/mol. The standard InChI is InChI=1S/C10H17N3O/c11-8-3-4-13-10(12,6-8)7-9-2-1-5-14-9/h3-4,6,9,13H,1-2,5,7,11-12H2. The van der Waals surface area contributed by atoms with Gasteiger partial charge >= 0.3 is 0 Å². The van der Waals surface area contributed by atoms with Gasteiger partial charge in [0.15, 0.2) is 0 Å². The van der Waals surface area contributed by atoms with Crippen LogP contribution >= 0.6 is 0 Å². The van der Waals surface area contributed by atoms with Gasteiger partial charge in [-0.15, -0.1) is 0 Å². The molecule has 4 heteroatoms. The summed E-state index contributed by atoms with van der Waals surface area (Å²) in [6.45, 7) is 0.857. The van der Waals surface area contributed by atoms with Crippen LogP contribution in [0.4, 0.5) is 0 Å². The molecule has 1 saturated heterocycles. The van der Waals surface area contributed by atoms with Crippen LogP contribution in [0.2, 0.25) is 0 Å². The van der Waals surface area contributed by atoms with E-state index in [1.54, 1.807) is 12.3 Å². The number of hydrogen-bond donors (Lipinski definition) is 3. The Bertz CT molecular complexity index is 269. The Morgan fingerprint density at radius 1 is 1.64 bits per heavy atom. The van der Waals surface area contributed by atoms with Gasteiger partial charge in [-0.05, 0) is 25.0 Å². The summed E-state index contributed by atoms with van der Waals surface area (Å²) in [5, 5.41) is 3.11. The predicted octanol–water partition coefficient (Wildman–Crippen LogP) is 0.170. The van der Waals surface area contributed by atoms with Gasteiger partial charge in [0.1, 0.15) is 5.66 Å². The fraction of sp³-hybridized carbons (Fsp3) is 0.600. The van der Waals surface area contributed by atoms with Gasteiger partial charge in [0.2, 0.25) is 0 Å². The summed E-state index contributed by atoms with van der Waals surface area (Å²) in [7, 11) is 0. The Hall–Kier alpha value is -1.00. The number of ether oxygens (including phenoxy) is 1. The van der Waals surface area contributed by atoms with Crippen LogP contribution in [0.1, 0.15) is 19.3 Å². The third-order valence-corrected chi connectivity index (χ3v) is 2.64. The molecule has 0 aromatic heterocycles. The predicted molar refractivity (Wildman–Crippen MR) is 55.1 cm³/mol. The highest BCUT2D eigenvalue weighted by atomic mass is 16.5. The number of nitrogens with one attached hydrogen (secondary N) is 1. The molecule has 2 atom stereocenters. The summed E-state index contributed by atoms with van der Waals surface area (Å²) in [4.78, 5) is 0. The molecule has 2 aliphatic heterocycles.